The number of hydrogen-bond donors (Lipinski definition) is 2. The number of carbonyl (C=O) groups excluding carboxylic acids is 1. The molecule has 1 aromatic carbocycles. The highest BCUT2D eigenvalue weighted by molar-refractivity contribution is 5.81. The third-order valence-corrected chi connectivity index (χ3v) is 2.33. The number of carbonyl (C=O) groups is 1. The van der Waals surface area contributed by atoms with Gasteiger partial charge in [0.05, 0.1) is 6.54 Å². The summed E-state index contributed by atoms with van der Waals surface area (Å²) in [5.41, 5.74) is 6.98. The summed E-state index contributed by atoms with van der Waals surface area (Å²) in [6, 6.07) is 4.37. The molecule has 1 amide bonds. The first-order valence-corrected chi connectivity index (χ1v) is 4.98. The van der Waals surface area contributed by atoms with Gasteiger partial charge in [-0.25, -0.2) is 4.39 Å². The Bertz CT molecular complexity index is 381. The van der Waals surface area contributed by atoms with E-state index in [9.17, 15) is 9.18 Å². The van der Waals surface area contributed by atoms with E-state index < -0.39 is 0 Å². The fraction of sp³-hybridized carbons (Fsp3) is 0.364. The van der Waals surface area contributed by atoms with Crippen LogP contribution in [-0.2, 0) is 11.3 Å². The van der Waals surface area contributed by atoms with Crippen molar-refractivity contribution in [1.82, 2.24) is 5.32 Å². The van der Waals surface area contributed by atoms with Crippen LogP contribution in [0.5, 0.6) is 0 Å². The topological polar surface area (TPSA) is 58.4 Å². The number of likely N-dealkylation sites (N-methyl/N-ethyl adjacent to an activating group) is 2. The lowest BCUT2D eigenvalue weighted by molar-refractivity contribution is -0.119. The second kappa shape index (κ2) is 5.46. The first-order chi connectivity index (χ1) is 7.58. The summed E-state index contributed by atoms with van der Waals surface area (Å²) in [6.45, 7) is 0.459. The zero-order valence-electron chi connectivity index (χ0n) is 9.46. The SMILES string of the molecule is CNC(=O)CN(C)c1ccc(F)cc1CN. The van der Waals surface area contributed by atoms with Crippen LogP contribution in [0.25, 0.3) is 0 Å². The van der Waals surface area contributed by atoms with Gasteiger partial charge < -0.3 is 16.0 Å². The van der Waals surface area contributed by atoms with Crippen molar-refractivity contribution in [2.75, 3.05) is 25.5 Å². The summed E-state index contributed by atoms with van der Waals surface area (Å²) in [7, 11) is 3.34. The zero-order valence-corrected chi connectivity index (χ0v) is 9.46. The van der Waals surface area contributed by atoms with Crippen LogP contribution in [0.3, 0.4) is 0 Å². The van der Waals surface area contributed by atoms with Crippen molar-refractivity contribution in [3.8, 4) is 0 Å². The van der Waals surface area contributed by atoms with Crippen LogP contribution in [0.4, 0.5) is 10.1 Å². The van der Waals surface area contributed by atoms with E-state index in [-0.39, 0.29) is 24.8 Å². The predicted molar refractivity (Wildman–Crippen MR) is 61.6 cm³/mol. The van der Waals surface area contributed by atoms with Crippen molar-refractivity contribution >= 4 is 11.6 Å². The average molecular weight is 225 g/mol. The molecule has 1 aromatic rings. The Morgan fingerprint density at radius 1 is 1.56 bits per heavy atom. The van der Waals surface area contributed by atoms with Gasteiger partial charge in [-0.3, -0.25) is 4.79 Å². The second-order valence-corrected chi connectivity index (χ2v) is 3.51. The normalized spacial score (nSPS) is 10.0. The highest BCUT2D eigenvalue weighted by atomic mass is 19.1. The van der Waals surface area contributed by atoms with Crippen molar-refractivity contribution in [2.45, 2.75) is 6.54 Å². The molecule has 3 N–H and O–H groups in total. The molecule has 5 heteroatoms. The molecule has 0 atom stereocenters. The van der Waals surface area contributed by atoms with E-state index in [1.54, 1.807) is 25.1 Å². The molecule has 0 aromatic heterocycles. The number of amides is 1. The molecular formula is C11H16FN3O. The summed E-state index contributed by atoms with van der Waals surface area (Å²) in [6.07, 6.45) is 0. The van der Waals surface area contributed by atoms with Gasteiger partial charge in [0.25, 0.3) is 0 Å². The lowest BCUT2D eigenvalue weighted by Gasteiger charge is -2.21. The van der Waals surface area contributed by atoms with Crippen LogP contribution >= 0.6 is 0 Å². The Morgan fingerprint density at radius 3 is 2.81 bits per heavy atom. The zero-order chi connectivity index (χ0) is 12.1. The monoisotopic (exact) mass is 225 g/mol. The van der Waals surface area contributed by atoms with E-state index in [1.807, 2.05) is 0 Å². The number of nitrogens with zero attached hydrogens (tertiary/aromatic N) is 1. The third-order valence-electron chi connectivity index (χ3n) is 2.33. The summed E-state index contributed by atoms with van der Waals surface area (Å²) < 4.78 is 13.0. The van der Waals surface area contributed by atoms with Crippen LogP contribution < -0.4 is 16.0 Å². The summed E-state index contributed by atoms with van der Waals surface area (Å²) in [4.78, 5) is 12.9. The molecule has 0 unspecified atom stereocenters. The van der Waals surface area contributed by atoms with Crippen LogP contribution in [0.1, 0.15) is 5.56 Å². The maximum absolute atomic E-state index is 13.0. The van der Waals surface area contributed by atoms with E-state index in [0.717, 1.165) is 5.69 Å². The van der Waals surface area contributed by atoms with Gasteiger partial charge in [0.2, 0.25) is 5.91 Å². The fourth-order valence-electron chi connectivity index (χ4n) is 1.47. The standard InChI is InChI=1S/C11H16FN3O/c1-14-11(16)7-15(2)10-4-3-9(12)5-8(10)6-13/h3-5H,6-7,13H2,1-2H3,(H,14,16). The van der Waals surface area contributed by atoms with Crippen molar-refractivity contribution in [1.29, 1.82) is 0 Å². The Kier molecular flexibility index (Phi) is 4.25. The molecule has 16 heavy (non-hydrogen) atoms. The number of halogens is 1. The predicted octanol–water partition coefficient (Wildman–Crippen LogP) is 0.467. The quantitative estimate of drug-likeness (QED) is 0.783. The Morgan fingerprint density at radius 2 is 2.25 bits per heavy atom. The van der Waals surface area contributed by atoms with Crippen LogP contribution in [0.2, 0.25) is 0 Å². The lowest BCUT2D eigenvalue weighted by Crippen LogP contribution is -2.33. The van der Waals surface area contributed by atoms with Crippen molar-refractivity contribution in [2.24, 2.45) is 5.73 Å². The van der Waals surface area contributed by atoms with E-state index in [2.05, 4.69) is 5.32 Å². The number of nitrogens with one attached hydrogen (secondary N) is 1. The fourth-order valence-corrected chi connectivity index (χ4v) is 1.47. The summed E-state index contributed by atoms with van der Waals surface area (Å²) in [5, 5.41) is 2.53. The van der Waals surface area contributed by atoms with E-state index >= 15 is 0 Å². The molecule has 0 aliphatic carbocycles. The van der Waals surface area contributed by atoms with Crippen LogP contribution in [0.15, 0.2) is 18.2 Å². The Balaban J connectivity index is 2.90. The van der Waals surface area contributed by atoms with E-state index in [0.29, 0.717) is 5.56 Å². The van der Waals surface area contributed by atoms with Crippen LogP contribution in [-0.4, -0.2) is 26.5 Å². The number of rotatable bonds is 4. The molecule has 88 valence electrons. The van der Waals surface area contributed by atoms with Crippen molar-refractivity contribution in [3.63, 3.8) is 0 Å². The molecule has 0 saturated carbocycles. The number of nitrogens with two attached hydrogens (primary N) is 1. The number of benzene rings is 1. The van der Waals surface area contributed by atoms with Gasteiger partial charge in [0.1, 0.15) is 5.82 Å². The highest BCUT2D eigenvalue weighted by Crippen LogP contribution is 2.19. The highest BCUT2D eigenvalue weighted by Gasteiger charge is 2.10. The van der Waals surface area contributed by atoms with Crippen molar-refractivity contribution < 1.29 is 9.18 Å². The minimum Gasteiger partial charge on any atom is -0.365 e. The molecule has 0 fully saturated rings. The van der Waals surface area contributed by atoms with Gasteiger partial charge in [-0.15, -0.1) is 0 Å². The van der Waals surface area contributed by atoms with Crippen LogP contribution in [0, 0.1) is 5.82 Å². The smallest absolute Gasteiger partial charge is 0.239 e. The van der Waals surface area contributed by atoms with Gasteiger partial charge in [-0.1, -0.05) is 0 Å². The van der Waals surface area contributed by atoms with E-state index in [1.165, 1.54) is 12.1 Å². The molecule has 0 aliphatic heterocycles. The van der Waals surface area contributed by atoms with Crippen molar-refractivity contribution in [3.05, 3.63) is 29.6 Å². The first-order valence-electron chi connectivity index (χ1n) is 4.98. The Labute approximate surface area is 94.2 Å². The molecule has 0 bridgehead atoms. The molecule has 0 aliphatic rings. The Hall–Kier alpha value is -1.62. The van der Waals surface area contributed by atoms with E-state index in [4.69, 9.17) is 5.73 Å². The molecule has 4 nitrogen and oxygen atoms in total. The van der Waals surface area contributed by atoms with Gasteiger partial charge >= 0.3 is 0 Å². The van der Waals surface area contributed by atoms with Gasteiger partial charge in [-0.05, 0) is 23.8 Å². The lowest BCUT2D eigenvalue weighted by atomic mass is 10.1. The third kappa shape index (κ3) is 2.93. The number of hydrogen-bond acceptors (Lipinski definition) is 3. The van der Waals surface area contributed by atoms with Gasteiger partial charge in [0.15, 0.2) is 0 Å². The molecule has 0 spiro atoms. The molecule has 0 heterocycles. The molecule has 0 saturated heterocycles. The second-order valence-electron chi connectivity index (χ2n) is 3.51. The molecule has 0 radical (unpaired) electrons. The number of anilines is 1. The maximum atomic E-state index is 13.0. The average Bonchev–Trinajstić information content (AvgIpc) is 2.28. The minimum atomic E-state index is -0.322. The molecule has 1 rings (SSSR count). The first kappa shape index (κ1) is 12.4. The maximum Gasteiger partial charge on any atom is 0.239 e. The molecular weight excluding hydrogens is 209 g/mol. The summed E-state index contributed by atoms with van der Waals surface area (Å²) in [5.74, 6) is -0.424. The minimum absolute atomic E-state index is 0.102. The van der Waals surface area contributed by atoms with Gasteiger partial charge in [0, 0.05) is 26.3 Å². The summed E-state index contributed by atoms with van der Waals surface area (Å²) >= 11 is 0. The van der Waals surface area contributed by atoms with Gasteiger partial charge in [-0.2, -0.15) is 0 Å². The largest absolute Gasteiger partial charge is 0.365 e.